The molecule has 0 unspecified atom stereocenters. The molecule has 2 aromatic rings. The predicted octanol–water partition coefficient (Wildman–Crippen LogP) is 4.27. The molecule has 146 valence electrons. The van der Waals surface area contributed by atoms with Gasteiger partial charge in [0.15, 0.2) is 0 Å². The number of urea groups is 1. The van der Waals surface area contributed by atoms with E-state index in [2.05, 4.69) is 21.0 Å². The number of aromatic nitrogens is 2. The maximum atomic E-state index is 12.4. The summed E-state index contributed by atoms with van der Waals surface area (Å²) >= 11 is 12.1. The lowest BCUT2D eigenvalue weighted by molar-refractivity contribution is -0.121. The molecule has 1 aromatic carbocycles. The molecule has 2 rings (SSSR count). The van der Waals surface area contributed by atoms with Crippen molar-refractivity contribution in [2.75, 3.05) is 17.2 Å². The van der Waals surface area contributed by atoms with E-state index in [1.807, 2.05) is 27.7 Å². The average molecular weight is 412 g/mol. The van der Waals surface area contributed by atoms with Gasteiger partial charge in [0.05, 0.1) is 21.4 Å². The van der Waals surface area contributed by atoms with Crippen molar-refractivity contribution in [1.82, 2.24) is 15.1 Å². The quantitative estimate of drug-likeness (QED) is 0.686. The standard InChI is InChI=1S/C18H23Cl2N5O2/c1-5-21-15(26)10-25-14(9-13(24-25)18(2,3)4)23-17(27)22-12-8-6-7-11(19)16(12)20/h6-9H,5,10H2,1-4H3,(H,21,26)(H2,22,23,27). The fourth-order valence-corrected chi connectivity index (χ4v) is 2.61. The first-order valence-electron chi connectivity index (χ1n) is 8.49. The van der Waals surface area contributed by atoms with Crippen LogP contribution in [0, 0.1) is 0 Å². The van der Waals surface area contributed by atoms with Gasteiger partial charge in [0.2, 0.25) is 5.91 Å². The number of hydrogen-bond donors (Lipinski definition) is 3. The Hall–Kier alpha value is -2.25. The number of carbonyl (C=O) groups is 2. The van der Waals surface area contributed by atoms with Gasteiger partial charge in [0, 0.05) is 18.0 Å². The Morgan fingerprint density at radius 2 is 1.89 bits per heavy atom. The van der Waals surface area contributed by atoms with Crippen LogP contribution in [0.1, 0.15) is 33.4 Å². The van der Waals surface area contributed by atoms with Gasteiger partial charge in [-0.2, -0.15) is 5.10 Å². The lowest BCUT2D eigenvalue weighted by atomic mass is 9.92. The number of carbonyl (C=O) groups excluding carboxylic acids is 2. The topological polar surface area (TPSA) is 88.1 Å². The molecule has 1 aromatic heterocycles. The molecule has 0 fully saturated rings. The molecule has 0 aliphatic heterocycles. The molecule has 9 heteroatoms. The minimum Gasteiger partial charge on any atom is -0.355 e. The second-order valence-corrected chi connectivity index (χ2v) is 7.74. The van der Waals surface area contributed by atoms with Crippen molar-refractivity contribution in [2.45, 2.75) is 39.7 Å². The highest BCUT2D eigenvalue weighted by Gasteiger charge is 2.22. The molecule has 7 nitrogen and oxygen atoms in total. The lowest BCUT2D eigenvalue weighted by Gasteiger charge is -2.14. The normalized spacial score (nSPS) is 11.2. The van der Waals surface area contributed by atoms with Gasteiger partial charge < -0.3 is 10.6 Å². The van der Waals surface area contributed by atoms with Crippen molar-refractivity contribution in [1.29, 1.82) is 0 Å². The molecule has 0 radical (unpaired) electrons. The molecule has 0 bridgehead atoms. The van der Waals surface area contributed by atoms with Crippen molar-refractivity contribution in [3.63, 3.8) is 0 Å². The number of halogens is 2. The van der Waals surface area contributed by atoms with E-state index >= 15 is 0 Å². The second kappa shape index (κ2) is 8.63. The molecule has 3 amide bonds. The zero-order valence-electron chi connectivity index (χ0n) is 15.7. The first-order chi connectivity index (χ1) is 12.6. The van der Waals surface area contributed by atoms with Gasteiger partial charge in [0.25, 0.3) is 0 Å². The van der Waals surface area contributed by atoms with E-state index in [-0.39, 0.29) is 22.9 Å². The summed E-state index contributed by atoms with van der Waals surface area (Å²) in [5.74, 6) is 0.212. The highest BCUT2D eigenvalue weighted by Crippen LogP contribution is 2.30. The van der Waals surface area contributed by atoms with E-state index in [0.29, 0.717) is 23.1 Å². The summed E-state index contributed by atoms with van der Waals surface area (Å²) in [6.45, 7) is 8.35. The van der Waals surface area contributed by atoms with Crippen LogP contribution in [0.15, 0.2) is 24.3 Å². The third-order valence-corrected chi connectivity index (χ3v) is 4.48. The minimum atomic E-state index is -0.517. The zero-order chi connectivity index (χ0) is 20.2. The van der Waals surface area contributed by atoms with Crippen LogP contribution in [-0.2, 0) is 16.8 Å². The van der Waals surface area contributed by atoms with E-state index in [0.717, 1.165) is 5.69 Å². The number of benzene rings is 1. The predicted molar refractivity (Wildman–Crippen MR) is 109 cm³/mol. The van der Waals surface area contributed by atoms with Gasteiger partial charge in [-0.3, -0.25) is 10.1 Å². The van der Waals surface area contributed by atoms with Gasteiger partial charge in [-0.15, -0.1) is 0 Å². The fourth-order valence-electron chi connectivity index (χ4n) is 2.26. The molecule has 0 aliphatic rings. The maximum absolute atomic E-state index is 12.4. The number of anilines is 2. The molecule has 1 heterocycles. The Kier molecular flexibility index (Phi) is 6.73. The van der Waals surface area contributed by atoms with Crippen molar-refractivity contribution in [2.24, 2.45) is 0 Å². The summed E-state index contributed by atoms with van der Waals surface area (Å²) < 4.78 is 1.46. The Morgan fingerprint density at radius 3 is 2.52 bits per heavy atom. The van der Waals surface area contributed by atoms with Crippen LogP contribution >= 0.6 is 23.2 Å². The van der Waals surface area contributed by atoms with Crippen LogP contribution in [0.2, 0.25) is 10.0 Å². The van der Waals surface area contributed by atoms with Crippen molar-refractivity contribution in [3.05, 3.63) is 40.0 Å². The summed E-state index contributed by atoms with van der Waals surface area (Å²) in [4.78, 5) is 24.4. The number of nitrogens with one attached hydrogen (secondary N) is 3. The third-order valence-electron chi connectivity index (χ3n) is 3.66. The minimum absolute atomic E-state index is 0.00253. The monoisotopic (exact) mass is 411 g/mol. The molecule has 0 atom stereocenters. The molecule has 0 spiro atoms. The van der Waals surface area contributed by atoms with Gasteiger partial charge >= 0.3 is 6.03 Å². The third kappa shape index (κ3) is 5.61. The van der Waals surface area contributed by atoms with Crippen LogP contribution in [-0.4, -0.2) is 28.3 Å². The summed E-state index contributed by atoms with van der Waals surface area (Å²) in [7, 11) is 0. The van der Waals surface area contributed by atoms with E-state index < -0.39 is 6.03 Å². The summed E-state index contributed by atoms with van der Waals surface area (Å²) in [6, 6.07) is 6.18. The average Bonchev–Trinajstić information content (AvgIpc) is 2.95. The number of nitrogens with zero attached hydrogens (tertiary/aromatic N) is 2. The molecular formula is C18H23Cl2N5O2. The first-order valence-corrected chi connectivity index (χ1v) is 9.24. The van der Waals surface area contributed by atoms with Gasteiger partial charge in [-0.25, -0.2) is 9.48 Å². The molecule has 0 saturated carbocycles. The van der Waals surface area contributed by atoms with Crippen LogP contribution in [0.3, 0.4) is 0 Å². The lowest BCUT2D eigenvalue weighted by Crippen LogP contribution is -2.29. The molecule has 0 saturated heterocycles. The van der Waals surface area contributed by atoms with Gasteiger partial charge in [-0.05, 0) is 19.1 Å². The van der Waals surface area contributed by atoms with E-state index in [9.17, 15) is 9.59 Å². The van der Waals surface area contributed by atoms with Crippen LogP contribution in [0.25, 0.3) is 0 Å². The van der Waals surface area contributed by atoms with Crippen LogP contribution in [0.5, 0.6) is 0 Å². The maximum Gasteiger partial charge on any atom is 0.324 e. The Bertz CT molecular complexity index is 843. The summed E-state index contributed by atoms with van der Waals surface area (Å²) in [6.07, 6.45) is 0. The second-order valence-electron chi connectivity index (χ2n) is 6.96. The first kappa shape index (κ1) is 21.1. The Labute approximate surface area is 168 Å². The highest BCUT2D eigenvalue weighted by molar-refractivity contribution is 6.44. The molecular weight excluding hydrogens is 389 g/mol. The van der Waals surface area contributed by atoms with E-state index in [4.69, 9.17) is 23.2 Å². The SMILES string of the molecule is CCNC(=O)Cn1nc(C(C)(C)C)cc1NC(=O)Nc1cccc(Cl)c1Cl. The Morgan fingerprint density at radius 1 is 1.19 bits per heavy atom. The smallest absolute Gasteiger partial charge is 0.324 e. The fraction of sp³-hybridized carbons (Fsp3) is 0.389. The molecule has 3 N–H and O–H groups in total. The van der Waals surface area contributed by atoms with Crippen LogP contribution in [0.4, 0.5) is 16.3 Å². The number of likely N-dealkylation sites (N-methyl/N-ethyl adjacent to an activating group) is 1. The largest absolute Gasteiger partial charge is 0.355 e. The summed E-state index contributed by atoms with van der Waals surface area (Å²) in [5.41, 5.74) is 0.894. The zero-order valence-corrected chi connectivity index (χ0v) is 17.2. The molecule has 0 aliphatic carbocycles. The van der Waals surface area contributed by atoms with Crippen molar-refractivity contribution in [3.8, 4) is 0 Å². The van der Waals surface area contributed by atoms with Crippen LogP contribution < -0.4 is 16.0 Å². The van der Waals surface area contributed by atoms with Crippen molar-refractivity contribution < 1.29 is 9.59 Å². The number of rotatable bonds is 5. The van der Waals surface area contributed by atoms with Crippen molar-refractivity contribution >= 4 is 46.6 Å². The van der Waals surface area contributed by atoms with E-state index in [1.54, 1.807) is 24.3 Å². The number of hydrogen-bond acceptors (Lipinski definition) is 3. The Balaban J connectivity index is 2.22. The van der Waals surface area contributed by atoms with E-state index in [1.165, 1.54) is 4.68 Å². The molecule has 27 heavy (non-hydrogen) atoms. The van der Waals surface area contributed by atoms with Gasteiger partial charge in [-0.1, -0.05) is 50.0 Å². The number of amides is 3. The highest BCUT2D eigenvalue weighted by atomic mass is 35.5. The van der Waals surface area contributed by atoms with Gasteiger partial charge in [0.1, 0.15) is 12.4 Å². The summed E-state index contributed by atoms with van der Waals surface area (Å²) in [5, 5.41) is 13.1.